The zero-order chi connectivity index (χ0) is 21.1. The summed E-state index contributed by atoms with van der Waals surface area (Å²) < 4.78 is 44.9. The van der Waals surface area contributed by atoms with Gasteiger partial charge in [0, 0.05) is 24.4 Å². The topological polar surface area (TPSA) is 78.8 Å². The van der Waals surface area contributed by atoms with Crippen LogP contribution >= 0.6 is 0 Å². The summed E-state index contributed by atoms with van der Waals surface area (Å²) in [6.45, 7) is 5.31. The van der Waals surface area contributed by atoms with Crippen LogP contribution in [0.25, 0.3) is 0 Å². The van der Waals surface area contributed by atoms with Gasteiger partial charge in [-0.2, -0.15) is 13.2 Å². The number of carbonyl (C=O) groups excluding carboxylic acids is 1. The Morgan fingerprint density at radius 1 is 1.25 bits per heavy atom. The monoisotopic (exact) mass is 403 g/mol. The molecule has 1 saturated carbocycles. The van der Waals surface area contributed by atoms with E-state index in [9.17, 15) is 18.0 Å². The van der Waals surface area contributed by atoms with E-state index in [-0.39, 0.29) is 36.3 Å². The molecule has 158 valence electrons. The van der Waals surface area contributed by atoms with E-state index in [0.717, 1.165) is 18.6 Å². The Hall–Kier alpha value is -1.80. The Kier molecular flexibility index (Phi) is 6.98. The third-order valence-corrected chi connectivity index (χ3v) is 4.71. The SMILES string of the molecule is CC(C)(C)Oc1ccc(C(F)(F)F)cc1CNC(=O)C1CCC(CC(O)O)C1. The van der Waals surface area contributed by atoms with Gasteiger partial charge in [0.2, 0.25) is 5.91 Å². The van der Waals surface area contributed by atoms with E-state index in [0.29, 0.717) is 18.6 Å². The van der Waals surface area contributed by atoms with Crippen molar-refractivity contribution in [2.24, 2.45) is 11.8 Å². The fourth-order valence-electron chi connectivity index (χ4n) is 3.48. The summed E-state index contributed by atoms with van der Waals surface area (Å²) in [4.78, 5) is 12.4. The van der Waals surface area contributed by atoms with Crippen molar-refractivity contribution in [3.8, 4) is 5.75 Å². The van der Waals surface area contributed by atoms with Gasteiger partial charge < -0.3 is 20.3 Å². The van der Waals surface area contributed by atoms with Crippen molar-refractivity contribution in [3.63, 3.8) is 0 Å². The summed E-state index contributed by atoms with van der Waals surface area (Å²) in [6.07, 6.45) is -3.77. The molecule has 1 fully saturated rings. The van der Waals surface area contributed by atoms with Gasteiger partial charge in [0.05, 0.1) is 5.56 Å². The number of nitrogens with one attached hydrogen (secondary N) is 1. The predicted octanol–water partition coefficient (Wildman–Crippen LogP) is 3.62. The molecule has 0 radical (unpaired) electrons. The largest absolute Gasteiger partial charge is 0.488 e. The second kappa shape index (κ2) is 8.69. The van der Waals surface area contributed by atoms with E-state index in [1.165, 1.54) is 6.07 Å². The minimum Gasteiger partial charge on any atom is -0.488 e. The van der Waals surface area contributed by atoms with Crippen LogP contribution in [0, 0.1) is 11.8 Å². The van der Waals surface area contributed by atoms with E-state index >= 15 is 0 Å². The Bertz CT molecular complexity index is 683. The summed E-state index contributed by atoms with van der Waals surface area (Å²) >= 11 is 0. The molecule has 0 aromatic heterocycles. The highest BCUT2D eigenvalue weighted by atomic mass is 19.4. The Labute approximate surface area is 162 Å². The highest BCUT2D eigenvalue weighted by Gasteiger charge is 2.33. The van der Waals surface area contributed by atoms with Crippen molar-refractivity contribution in [1.29, 1.82) is 0 Å². The van der Waals surface area contributed by atoms with E-state index in [4.69, 9.17) is 14.9 Å². The molecule has 1 aromatic rings. The molecule has 28 heavy (non-hydrogen) atoms. The van der Waals surface area contributed by atoms with Gasteiger partial charge in [0.1, 0.15) is 11.4 Å². The molecule has 1 aliphatic rings. The highest BCUT2D eigenvalue weighted by Crippen LogP contribution is 2.35. The van der Waals surface area contributed by atoms with Gasteiger partial charge in [0.25, 0.3) is 0 Å². The van der Waals surface area contributed by atoms with Crippen molar-refractivity contribution in [2.45, 2.75) is 71.1 Å². The summed E-state index contributed by atoms with van der Waals surface area (Å²) in [5, 5.41) is 20.8. The maximum absolute atomic E-state index is 13.1. The lowest BCUT2D eigenvalue weighted by Crippen LogP contribution is -2.30. The Balaban J connectivity index is 2.08. The first-order valence-electron chi connectivity index (χ1n) is 9.38. The number of aliphatic hydroxyl groups is 2. The van der Waals surface area contributed by atoms with Crippen LogP contribution in [0.5, 0.6) is 5.75 Å². The fraction of sp³-hybridized carbons (Fsp3) is 0.650. The predicted molar refractivity (Wildman–Crippen MR) is 97.3 cm³/mol. The molecular weight excluding hydrogens is 375 g/mol. The fourth-order valence-corrected chi connectivity index (χ4v) is 3.48. The van der Waals surface area contributed by atoms with Crippen LogP contribution in [-0.2, 0) is 17.5 Å². The van der Waals surface area contributed by atoms with Crippen molar-refractivity contribution in [3.05, 3.63) is 29.3 Å². The summed E-state index contributed by atoms with van der Waals surface area (Å²) in [7, 11) is 0. The first-order chi connectivity index (χ1) is 12.8. The maximum Gasteiger partial charge on any atom is 0.416 e. The zero-order valence-corrected chi connectivity index (χ0v) is 16.3. The lowest BCUT2D eigenvalue weighted by atomic mass is 10.0. The number of ether oxygens (including phenoxy) is 1. The lowest BCUT2D eigenvalue weighted by molar-refractivity contribution is -0.137. The quantitative estimate of drug-likeness (QED) is 0.634. The molecule has 8 heteroatoms. The van der Waals surface area contributed by atoms with Gasteiger partial charge in [-0.25, -0.2) is 0 Å². The average Bonchev–Trinajstić information content (AvgIpc) is 2.98. The van der Waals surface area contributed by atoms with Crippen LogP contribution in [-0.4, -0.2) is 28.0 Å². The molecule has 0 bridgehead atoms. The minimum absolute atomic E-state index is 0.0593. The van der Waals surface area contributed by atoms with Crippen LogP contribution in [0.2, 0.25) is 0 Å². The molecule has 3 N–H and O–H groups in total. The van der Waals surface area contributed by atoms with E-state index < -0.39 is 23.6 Å². The van der Waals surface area contributed by atoms with Gasteiger partial charge in [-0.3, -0.25) is 4.79 Å². The van der Waals surface area contributed by atoms with Crippen LogP contribution in [0.3, 0.4) is 0 Å². The third kappa shape index (κ3) is 6.67. The molecule has 0 saturated heterocycles. The van der Waals surface area contributed by atoms with Crippen molar-refractivity contribution >= 4 is 5.91 Å². The van der Waals surface area contributed by atoms with Gasteiger partial charge in [-0.1, -0.05) is 0 Å². The van der Waals surface area contributed by atoms with Gasteiger partial charge >= 0.3 is 6.18 Å². The van der Waals surface area contributed by atoms with Crippen LogP contribution in [0.1, 0.15) is 57.6 Å². The van der Waals surface area contributed by atoms with Crippen molar-refractivity contribution in [1.82, 2.24) is 5.32 Å². The summed E-state index contributed by atoms with van der Waals surface area (Å²) in [5.74, 6) is -0.159. The molecule has 1 aromatic carbocycles. The number of hydrogen-bond donors (Lipinski definition) is 3. The summed E-state index contributed by atoms with van der Waals surface area (Å²) in [5.41, 5.74) is -1.13. The number of aliphatic hydroxyl groups excluding tert-OH is 1. The molecule has 2 unspecified atom stereocenters. The molecule has 2 rings (SSSR count). The average molecular weight is 403 g/mol. The number of benzene rings is 1. The second-order valence-corrected chi connectivity index (χ2v) is 8.34. The Morgan fingerprint density at radius 3 is 2.50 bits per heavy atom. The van der Waals surface area contributed by atoms with E-state index in [1.807, 2.05) is 0 Å². The van der Waals surface area contributed by atoms with E-state index in [2.05, 4.69) is 5.32 Å². The van der Waals surface area contributed by atoms with Gasteiger partial charge in [-0.05, 0) is 64.2 Å². The standard InChI is InChI=1S/C20H28F3NO4/c1-19(2,3)28-16-7-6-15(20(21,22)23)10-14(16)11-24-18(27)13-5-4-12(8-13)9-17(25)26/h6-7,10,12-13,17,25-26H,4-5,8-9,11H2,1-3H3,(H,24,27). The van der Waals surface area contributed by atoms with Crippen LogP contribution < -0.4 is 10.1 Å². The number of carbonyl (C=O) groups is 1. The summed E-state index contributed by atoms with van der Waals surface area (Å²) in [6, 6.07) is 3.25. The molecule has 0 spiro atoms. The number of halogens is 3. The number of alkyl halides is 3. The number of rotatable bonds is 6. The zero-order valence-electron chi connectivity index (χ0n) is 16.3. The minimum atomic E-state index is -4.48. The number of hydrogen-bond acceptors (Lipinski definition) is 4. The maximum atomic E-state index is 13.1. The van der Waals surface area contributed by atoms with E-state index in [1.54, 1.807) is 20.8 Å². The first-order valence-corrected chi connectivity index (χ1v) is 9.38. The first kappa shape index (κ1) is 22.5. The normalized spacial score (nSPS) is 20.5. The molecule has 0 heterocycles. The lowest BCUT2D eigenvalue weighted by Gasteiger charge is -2.24. The van der Waals surface area contributed by atoms with Crippen LogP contribution in [0.15, 0.2) is 18.2 Å². The molecule has 1 amide bonds. The highest BCUT2D eigenvalue weighted by molar-refractivity contribution is 5.79. The van der Waals surface area contributed by atoms with Crippen molar-refractivity contribution in [2.75, 3.05) is 0 Å². The van der Waals surface area contributed by atoms with Gasteiger partial charge in [-0.15, -0.1) is 0 Å². The molecular formula is C20H28F3NO4. The number of amides is 1. The molecule has 1 aliphatic carbocycles. The smallest absolute Gasteiger partial charge is 0.416 e. The van der Waals surface area contributed by atoms with Crippen LogP contribution in [0.4, 0.5) is 13.2 Å². The molecule has 2 atom stereocenters. The third-order valence-electron chi connectivity index (χ3n) is 4.71. The molecule has 0 aliphatic heterocycles. The van der Waals surface area contributed by atoms with Crippen molar-refractivity contribution < 1.29 is 32.9 Å². The second-order valence-electron chi connectivity index (χ2n) is 8.34. The molecule has 5 nitrogen and oxygen atoms in total. The Morgan fingerprint density at radius 2 is 1.93 bits per heavy atom. The van der Waals surface area contributed by atoms with Gasteiger partial charge in [0.15, 0.2) is 6.29 Å².